The standard InChI is InChI=1S/C19H43NO3Si2/c1-13(2)22-19-11-18(20-9)10-17(19)12-21-25(15(5)6,16(7)8)23-24-14(3)4/h13-20H,10-12,24H2,1-9H3/t17-,18?,19?/m1/s1. The minimum atomic E-state index is -2.20. The largest absolute Gasteiger partial charge is 0.441 e. The van der Waals surface area contributed by atoms with Crippen LogP contribution in [0.1, 0.15) is 68.2 Å². The van der Waals surface area contributed by atoms with E-state index in [-0.39, 0.29) is 6.10 Å². The van der Waals surface area contributed by atoms with Crippen LogP contribution in [0.4, 0.5) is 0 Å². The van der Waals surface area contributed by atoms with E-state index in [2.05, 4.69) is 67.8 Å². The van der Waals surface area contributed by atoms with Crippen LogP contribution in [0, 0.1) is 5.92 Å². The van der Waals surface area contributed by atoms with Crippen molar-refractivity contribution in [2.45, 2.75) is 103 Å². The van der Waals surface area contributed by atoms with E-state index < -0.39 is 18.3 Å². The normalized spacial score (nSPS) is 25.6. The van der Waals surface area contributed by atoms with Gasteiger partial charge in [-0.05, 0) is 50.4 Å². The molecule has 25 heavy (non-hydrogen) atoms. The number of hydrogen-bond donors (Lipinski definition) is 1. The second-order valence-electron chi connectivity index (χ2n) is 8.99. The lowest BCUT2D eigenvalue weighted by Gasteiger charge is -2.39. The minimum absolute atomic E-state index is 0.268. The Labute approximate surface area is 160 Å². The number of hydrogen-bond acceptors (Lipinski definition) is 4. The van der Waals surface area contributed by atoms with E-state index >= 15 is 0 Å². The second-order valence-corrected chi connectivity index (χ2v) is 16.1. The average Bonchev–Trinajstić information content (AvgIpc) is 2.88. The van der Waals surface area contributed by atoms with Gasteiger partial charge in [-0.2, -0.15) is 0 Å². The Bertz CT molecular complexity index is 370. The van der Waals surface area contributed by atoms with Crippen molar-refractivity contribution in [2.24, 2.45) is 5.92 Å². The van der Waals surface area contributed by atoms with E-state index in [4.69, 9.17) is 13.3 Å². The van der Waals surface area contributed by atoms with Crippen LogP contribution >= 0.6 is 0 Å². The Balaban J connectivity index is 2.82. The number of nitrogens with one attached hydrogen (secondary N) is 1. The van der Waals surface area contributed by atoms with Gasteiger partial charge in [0.25, 0.3) is 0 Å². The first-order valence-corrected chi connectivity index (χ1v) is 13.6. The van der Waals surface area contributed by atoms with Crippen molar-refractivity contribution in [1.29, 1.82) is 0 Å². The van der Waals surface area contributed by atoms with Gasteiger partial charge in [0.2, 0.25) is 0 Å². The zero-order valence-electron chi connectivity index (χ0n) is 18.1. The van der Waals surface area contributed by atoms with Gasteiger partial charge in [0.05, 0.1) is 12.2 Å². The predicted octanol–water partition coefficient (Wildman–Crippen LogP) is 3.99. The highest BCUT2D eigenvalue weighted by Crippen LogP contribution is 2.37. The molecule has 6 heteroatoms. The molecule has 2 unspecified atom stereocenters. The van der Waals surface area contributed by atoms with Crippen molar-refractivity contribution in [3.8, 4) is 0 Å². The van der Waals surface area contributed by atoms with Crippen molar-refractivity contribution >= 4 is 18.3 Å². The summed E-state index contributed by atoms with van der Waals surface area (Å²) in [6.07, 6.45) is 2.79. The molecule has 0 aromatic rings. The first-order chi connectivity index (χ1) is 11.6. The molecule has 1 aliphatic carbocycles. The van der Waals surface area contributed by atoms with Crippen LogP contribution in [0.3, 0.4) is 0 Å². The fraction of sp³-hybridized carbons (Fsp3) is 1.00. The first-order valence-electron chi connectivity index (χ1n) is 10.2. The third-order valence-corrected chi connectivity index (χ3v) is 12.2. The molecule has 0 aromatic carbocycles. The van der Waals surface area contributed by atoms with Crippen LogP contribution < -0.4 is 5.32 Å². The summed E-state index contributed by atoms with van der Waals surface area (Å²) in [7, 11) is -0.680. The summed E-state index contributed by atoms with van der Waals surface area (Å²) in [4.78, 5) is 0. The molecule has 3 atom stereocenters. The van der Waals surface area contributed by atoms with Gasteiger partial charge in [-0.25, -0.2) is 0 Å². The highest BCUT2D eigenvalue weighted by Gasteiger charge is 2.46. The molecule has 0 bridgehead atoms. The summed E-state index contributed by atoms with van der Waals surface area (Å²) < 4.78 is 19.6. The molecule has 1 rings (SSSR count). The monoisotopic (exact) mass is 389 g/mol. The molecule has 0 radical (unpaired) electrons. The third-order valence-electron chi connectivity index (χ3n) is 5.26. The predicted molar refractivity (Wildman–Crippen MR) is 112 cm³/mol. The van der Waals surface area contributed by atoms with Gasteiger partial charge >= 0.3 is 8.56 Å². The molecule has 4 nitrogen and oxygen atoms in total. The lowest BCUT2D eigenvalue weighted by molar-refractivity contribution is -0.0260. The Morgan fingerprint density at radius 2 is 1.60 bits per heavy atom. The highest BCUT2D eigenvalue weighted by atomic mass is 28.4. The molecule has 0 spiro atoms. The van der Waals surface area contributed by atoms with E-state index in [9.17, 15) is 0 Å². The highest BCUT2D eigenvalue weighted by molar-refractivity contribution is 6.74. The van der Waals surface area contributed by atoms with E-state index in [1.165, 1.54) is 0 Å². The second kappa shape index (κ2) is 10.6. The Morgan fingerprint density at radius 1 is 1.00 bits per heavy atom. The summed E-state index contributed by atoms with van der Waals surface area (Å²) in [5, 5.41) is 3.43. The van der Waals surface area contributed by atoms with Gasteiger partial charge in [0, 0.05) is 18.6 Å². The molecule has 1 aliphatic rings. The number of ether oxygens (including phenoxy) is 1. The van der Waals surface area contributed by atoms with Crippen molar-refractivity contribution in [3.63, 3.8) is 0 Å². The third kappa shape index (κ3) is 6.74. The maximum Gasteiger partial charge on any atom is 0.332 e. The SMILES string of the molecule is CNC1CC(OC(C)C)[C@@H](CO[Si](O[SiH2]C(C)C)(C(C)C)C(C)C)C1. The van der Waals surface area contributed by atoms with E-state index in [0.29, 0.717) is 34.7 Å². The maximum absolute atomic E-state index is 6.74. The molecular weight excluding hydrogens is 346 g/mol. The van der Waals surface area contributed by atoms with Gasteiger partial charge in [-0.3, -0.25) is 0 Å². The molecule has 0 saturated heterocycles. The average molecular weight is 390 g/mol. The van der Waals surface area contributed by atoms with E-state index in [1.807, 2.05) is 0 Å². The molecule has 1 fully saturated rings. The smallest absolute Gasteiger partial charge is 0.332 e. The zero-order valence-corrected chi connectivity index (χ0v) is 20.5. The summed E-state index contributed by atoms with van der Waals surface area (Å²) >= 11 is 0. The Kier molecular flexibility index (Phi) is 9.85. The minimum Gasteiger partial charge on any atom is -0.441 e. The van der Waals surface area contributed by atoms with Crippen LogP contribution in [0.2, 0.25) is 16.6 Å². The molecule has 0 heterocycles. The van der Waals surface area contributed by atoms with Gasteiger partial charge in [0.15, 0.2) is 9.76 Å². The van der Waals surface area contributed by atoms with Crippen molar-refractivity contribution < 1.29 is 13.3 Å². The molecule has 1 N–H and O–H groups in total. The summed E-state index contributed by atoms with van der Waals surface area (Å²) in [5.41, 5.74) is 1.62. The van der Waals surface area contributed by atoms with E-state index in [1.54, 1.807) is 0 Å². The lowest BCUT2D eigenvalue weighted by atomic mass is 10.1. The molecule has 0 aromatic heterocycles. The molecule has 1 saturated carbocycles. The molecule has 150 valence electrons. The molecule has 0 amide bonds. The Morgan fingerprint density at radius 3 is 2.04 bits per heavy atom. The first kappa shape index (κ1) is 23.3. The fourth-order valence-electron chi connectivity index (χ4n) is 3.92. The summed E-state index contributed by atoms with van der Waals surface area (Å²) in [6.45, 7) is 18.7. The quantitative estimate of drug-likeness (QED) is 0.542. The van der Waals surface area contributed by atoms with Crippen LogP contribution in [0.25, 0.3) is 0 Å². The van der Waals surface area contributed by atoms with Gasteiger partial charge in [-0.15, -0.1) is 0 Å². The topological polar surface area (TPSA) is 39.7 Å². The van der Waals surface area contributed by atoms with Gasteiger partial charge < -0.3 is 18.6 Å². The zero-order chi connectivity index (χ0) is 19.2. The van der Waals surface area contributed by atoms with Crippen molar-refractivity contribution in [3.05, 3.63) is 0 Å². The summed E-state index contributed by atoms with van der Waals surface area (Å²) in [5.74, 6) is 0.466. The van der Waals surface area contributed by atoms with Gasteiger partial charge in [-0.1, -0.05) is 41.5 Å². The molecular formula is C19H43NO3Si2. The van der Waals surface area contributed by atoms with Crippen LogP contribution in [-0.2, 0) is 13.3 Å². The summed E-state index contributed by atoms with van der Waals surface area (Å²) in [6, 6.07) is 0.539. The fourth-order valence-corrected chi connectivity index (χ4v) is 11.8. The molecule has 0 aliphatic heterocycles. The van der Waals surface area contributed by atoms with Crippen molar-refractivity contribution in [2.75, 3.05) is 13.7 Å². The van der Waals surface area contributed by atoms with E-state index in [0.717, 1.165) is 19.4 Å². The van der Waals surface area contributed by atoms with Gasteiger partial charge in [0.1, 0.15) is 0 Å². The Hall–Kier alpha value is 0.274. The maximum atomic E-state index is 6.74. The lowest BCUT2D eigenvalue weighted by Crippen LogP contribution is -2.50. The van der Waals surface area contributed by atoms with Crippen LogP contribution in [-0.4, -0.2) is 50.2 Å². The van der Waals surface area contributed by atoms with Crippen LogP contribution in [0.5, 0.6) is 0 Å². The van der Waals surface area contributed by atoms with Crippen molar-refractivity contribution in [1.82, 2.24) is 5.32 Å². The number of rotatable bonds is 11. The van der Waals surface area contributed by atoms with Crippen LogP contribution in [0.15, 0.2) is 0 Å².